The van der Waals surface area contributed by atoms with Crippen molar-refractivity contribution in [1.29, 1.82) is 0 Å². The molecule has 0 saturated carbocycles. The third-order valence-corrected chi connectivity index (χ3v) is 5.00. The number of benzene rings is 1. The highest BCUT2D eigenvalue weighted by Crippen LogP contribution is 2.23. The van der Waals surface area contributed by atoms with Crippen LogP contribution in [0.3, 0.4) is 0 Å². The molecule has 0 bridgehead atoms. The molecule has 1 aromatic carbocycles. The van der Waals surface area contributed by atoms with Crippen molar-refractivity contribution in [2.45, 2.75) is 25.4 Å². The highest BCUT2D eigenvalue weighted by molar-refractivity contribution is 5.48. The normalized spacial score (nSPS) is 28.0. The number of hydrogen-bond acceptors (Lipinski definition) is 4. The summed E-state index contributed by atoms with van der Waals surface area (Å²) >= 11 is 0. The van der Waals surface area contributed by atoms with Gasteiger partial charge in [0, 0.05) is 45.0 Å². The van der Waals surface area contributed by atoms with E-state index in [9.17, 15) is 5.11 Å². The van der Waals surface area contributed by atoms with Gasteiger partial charge in [-0.1, -0.05) is 12.1 Å². The summed E-state index contributed by atoms with van der Waals surface area (Å²) in [6.07, 6.45) is 2.05. The van der Waals surface area contributed by atoms with E-state index in [1.54, 1.807) is 0 Å². The number of anilines is 1. The lowest BCUT2D eigenvalue weighted by Gasteiger charge is -2.43. The molecule has 0 aromatic heterocycles. The molecule has 2 heterocycles. The van der Waals surface area contributed by atoms with Crippen molar-refractivity contribution in [2.75, 3.05) is 57.8 Å². The van der Waals surface area contributed by atoms with E-state index in [4.69, 9.17) is 0 Å². The van der Waals surface area contributed by atoms with Crippen molar-refractivity contribution in [3.05, 3.63) is 29.8 Å². The molecule has 0 radical (unpaired) electrons. The van der Waals surface area contributed by atoms with Gasteiger partial charge in [0.1, 0.15) is 0 Å². The zero-order chi connectivity index (χ0) is 15.6. The number of aryl methyl sites for hydroxylation is 1. The van der Waals surface area contributed by atoms with Crippen LogP contribution in [0.1, 0.15) is 18.4 Å². The molecule has 4 nitrogen and oxygen atoms in total. The number of likely N-dealkylation sites (N-methyl/N-ethyl adjacent to an activating group) is 1. The van der Waals surface area contributed by atoms with Gasteiger partial charge in [-0.3, -0.25) is 4.90 Å². The predicted octanol–water partition coefficient (Wildman–Crippen LogP) is 1.57. The van der Waals surface area contributed by atoms with Gasteiger partial charge >= 0.3 is 0 Å². The predicted molar refractivity (Wildman–Crippen MR) is 91.5 cm³/mol. The molecule has 2 saturated heterocycles. The van der Waals surface area contributed by atoms with Crippen LogP contribution in [0.2, 0.25) is 0 Å². The second-order valence-corrected chi connectivity index (χ2v) is 7.17. The van der Waals surface area contributed by atoms with Gasteiger partial charge < -0.3 is 14.9 Å². The molecule has 2 fully saturated rings. The lowest BCUT2D eigenvalue weighted by atomic mass is 9.92. The zero-order valence-electron chi connectivity index (χ0n) is 14.0. The number of piperidine rings is 1. The van der Waals surface area contributed by atoms with E-state index in [2.05, 4.69) is 52.9 Å². The quantitative estimate of drug-likeness (QED) is 0.918. The minimum atomic E-state index is -0.515. The van der Waals surface area contributed by atoms with E-state index in [0.717, 1.165) is 58.7 Å². The standard InChI is InChI=1S/C18H29N3O/c1-16-5-3-6-17(13-16)21-11-9-20(10-12-21)15-18(22)7-4-8-19(2)14-18/h3,5-6,13,22H,4,7-12,14-15H2,1-2H3. The summed E-state index contributed by atoms with van der Waals surface area (Å²) in [7, 11) is 2.11. The third-order valence-electron chi connectivity index (χ3n) is 5.00. The van der Waals surface area contributed by atoms with Crippen LogP contribution in [0.5, 0.6) is 0 Å². The Labute approximate surface area is 134 Å². The van der Waals surface area contributed by atoms with Crippen LogP contribution in [0.15, 0.2) is 24.3 Å². The summed E-state index contributed by atoms with van der Waals surface area (Å²) < 4.78 is 0. The minimum Gasteiger partial charge on any atom is -0.387 e. The second-order valence-electron chi connectivity index (χ2n) is 7.17. The van der Waals surface area contributed by atoms with Crippen LogP contribution in [0.4, 0.5) is 5.69 Å². The highest BCUT2D eigenvalue weighted by Gasteiger charge is 2.34. The molecule has 122 valence electrons. The summed E-state index contributed by atoms with van der Waals surface area (Å²) in [5.74, 6) is 0. The Morgan fingerprint density at radius 1 is 1.14 bits per heavy atom. The Hall–Kier alpha value is -1.10. The molecule has 2 aliphatic rings. The Bertz CT molecular complexity index is 499. The fourth-order valence-electron chi connectivity index (χ4n) is 3.87. The molecule has 0 amide bonds. The minimum absolute atomic E-state index is 0.515. The van der Waals surface area contributed by atoms with Crippen LogP contribution in [0, 0.1) is 6.92 Å². The van der Waals surface area contributed by atoms with Gasteiger partial charge in [0.15, 0.2) is 0 Å². The summed E-state index contributed by atoms with van der Waals surface area (Å²) in [6.45, 7) is 9.08. The van der Waals surface area contributed by atoms with Crippen LogP contribution in [-0.2, 0) is 0 Å². The number of likely N-dealkylation sites (tertiary alicyclic amines) is 1. The fraction of sp³-hybridized carbons (Fsp3) is 0.667. The van der Waals surface area contributed by atoms with Crippen molar-refractivity contribution >= 4 is 5.69 Å². The van der Waals surface area contributed by atoms with Crippen molar-refractivity contribution in [1.82, 2.24) is 9.80 Å². The van der Waals surface area contributed by atoms with E-state index in [1.807, 2.05) is 0 Å². The van der Waals surface area contributed by atoms with Crippen molar-refractivity contribution < 1.29 is 5.11 Å². The highest BCUT2D eigenvalue weighted by atomic mass is 16.3. The van der Waals surface area contributed by atoms with Gasteiger partial charge in [0.05, 0.1) is 5.60 Å². The monoisotopic (exact) mass is 303 g/mol. The van der Waals surface area contributed by atoms with Gasteiger partial charge in [0.2, 0.25) is 0 Å². The van der Waals surface area contributed by atoms with Gasteiger partial charge in [-0.25, -0.2) is 0 Å². The first-order valence-electron chi connectivity index (χ1n) is 8.49. The van der Waals surface area contributed by atoms with Crippen molar-refractivity contribution in [3.8, 4) is 0 Å². The number of hydrogen-bond donors (Lipinski definition) is 1. The maximum absolute atomic E-state index is 10.8. The average molecular weight is 303 g/mol. The number of piperazine rings is 1. The number of nitrogens with zero attached hydrogens (tertiary/aromatic N) is 3. The smallest absolute Gasteiger partial charge is 0.0900 e. The Morgan fingerprint density at radius 3 is 2.59 bits per heavy atom. The van der Waals surface area contributed by atoms with E-state index in [1.165, 1.54) is 11.3 Å². The van der Waals surface area contributed by atoms with Gasteiger partial charge in [-0.15, -0.1) is 0 Å². The third kappa shape index (κ3) is 3.80. The molecule has 0 spiro atoms. The molecule has 22 heavy (non-hydrogen) atoms. The molecule has 1 aromatic rings. The van der Waals surface area contributed by atoms with Crippen LogP contribution < -0.4 is 4.90 Å². The Morgan fingerprint density at radius 2 is 1.91 bits per heavy atom. The molecular formula is C18H29N3O. The van der Waals surface area contributed by atoms with Crippen LogP contribution in [-0.4, -0.2) is 73.4 Å². The number of rotatable bonds is 3. The van der Waals surface area contributed by atoms with E-state index in [0.29, 0.717) is 0 Å². The average Bonchev–Trinajstić information content (AvgIpc) is 2.47. The van der Waals surface area contributed by atoms with Crippen LogP contribution in [0.25, 0.3) is 0 Å². The number of β-amino-alcohol motifs (C(OH)–C–C–N with tert-alkyl or cyclic N) is 1. The molecule has 4 heteroatoms. The molecule has 1 atom stereocenters. The molecule has 3 rings (SSSR count). The molecule has 0 aliphatic carbocycles. The maximum Gasteiger partial charge on any atom is 0.0900 e. The molecular weight excluding hydrogens is 274 g/mol. The first-order valence-corrected chi connectivity index (χ1v) is 8.49. The van der Waals surface area contributed by atoms with Gasteiger partial charge in [-0.2, -0.15) is 0 Å². The molecule has 2 aliphatic heterocycles. The topological polar surface area (TPSA) is 30.0 Å². The summed E-state index contributed by atoms with van der Waals surface area (Å²) in [5.41, 5.74) is 2.13. The lowest BCUT2D eigenvalue weighted by Crippen LogP contribution is -2.56. The summed E-state index contributed by atoms with van der Waals surface area (Å²) in [4.78, 5) is 7.15. The van der Waals surface area contributed by atoms with Crippen molar-refractivity contribution in [3.63, 3.8) is 0 Å². The Kier molecular flexibility index (Phi) is 4.71. The first kappa shape index (κ1) is 15.8. The SMILES string of the molecule is Cc1cccc(N2CCN(CC3(O)CCCN(C)C3)CC2)c1. The zero-order valence-corrected chi connectivity index (χ0v) is 14.0. The van der Waals surface area contributed by atoms with E-state index in [-0.39, 0.29) is 0 Å². The number of aliphatic hydroxyl groups is 1. The van der Waals surface area contributed by atoms with Gasteiger partial charge in [0.25, 0.3) is 0 Å². The second kappa shape index (κ2) is 6.57. The molecule has 1 unspecified atom stereocenters. The van der Waals surface area contributed by atoms with Crippen LogP contribution >= 0.6 is 0 Å². The first-order chi connectivity index (χ1) is 10.5. The maximum atomic E-state index is 10.8. The molecule has 1 N–H and O–H groups in total. The largest absolute Gasteiger partial charge is 0.387 e. The summed E-state index contributed by atoms with van der Waals surface area (Å²) in [6, 6.07) is 8.75. The van der Waals surface area contributed by atoms with E-state index < -0.39 is 5.60 Å². The Balaban J connectivity index is 1.53. The summed E-state index contributed by atoms with van der Waals surface area (Å²) in [5, 5.41) is 10.8. The van der Waals surface area contributed by atoms with Gasteiger partial charge in [-0.05, 0) is 51.1 Å². The fourth-order valence-corrected chi connectivity index (χ4v) is 3.87. The van der Waals surface area contributed by atoms with E-state index >= 15 is 0 Å². The lowest BCUT2D eigenvalue weighted by molar-refractivity contribution is -0.0478. The van der Waals surface area contributed by atoms with Crippen molar-refractivity contribution in [2.24, 2.45) is 0 Å².